The smallest absolute Gasteiger partial charge is 0.323 e. The Kier molecular flexibility index (Phi) is 5.26. The van der Waals surface area contributed by atoms with E-state index in [0.29, 0.717) is 34.3 Å². The van der Waals surface area contributed by atoms with Gasteiger partial charge in [0.25, 0.3) is 0 Å². The molecule has 0 bridgehead atoms. The van der Waals surface area contributed by atoms with E-state index in [1.807, 2.05) is 49.4 Å². The number of para-hydroxylation sites is 2. The van der Waals surface area contributed by atoms with Gasteiger partial charge in [0.2, 0.25) is 5.89 Å². The number of ether oxygens (including phenoxy) is 2. The number of aromatic nitrogens is 1. The number of methoxy groups -OCH3 is 2. The Morgan fingerprint density at radius 3 is 2.27 bits per heavy atom. The van der Waals surface area contributed by atoms with Gasteiger partial charge in [0.15, 0.2) is 5.58 Å². The van der Waals surface area contributed by atoms with Gasteiger partial charge in [-0.25, -0.2) is 9.78 Å². The van der Waals surface area contributed by atoms with Crippen LogP contribution in [-0.2, 0) is 0 Å². The van der Waals surface area contributed by atoms with Gasteiger partial charge in [0.05, 0.1) is 25.6 Å². The maximum atomic E-state index is 12.6. The van der Waals surface area contributed by atoms with E-state index in [0.717, 1.165) is 16.6 Å². The summed E-state index contributed by atoms with van der Waals surface area (Å²) in [6.45, 7) is 1.94. The summed E-state index contributed by atoms with van der Waals surface area (Å²) in [5.41, 5.74) is 4.24. The van der Waals surface area contributed by atoms with Gasteiger partial charge in [-0.3, -0.25) is 0 Å². The molecule has 0 fully saturated rings. The number of urea groups is 1. The molecule has 2 N–H and O–H groups in total. The standard InChI is InChI=1S/C23H21N3O4/c1-14-8-10-19(28-2)17(12-14)25-23(27)26-18-13-15(9-11-20(18)29-3)22-24-16-6-4-5-7-21(16)30-22/h4-13H,1-3H3,(H2,25,26,27). The number of carbonyl (C=O) groups excluding carboxylic acids is 1. The molecular weight excluding hydrogens is 382 g/mol. The van der Waals surface area contributed by atoms with Crippen LogP contribution in [0.1, 0.15) is 5.56 Å². The van der Waals surface area contributed by atoms with E-state index in [9.17, 15) is 4.79 Å². The van der Waals surface area contributed by atoms with Crippen LogP contribution in [0.2, 0.25) is 0 Å². The Bertz CT molecular complexity index is 1180. The summed E-state index contributed by atoms with van der Waals surface area (Å²) in [6, 6.07) is 18.0. The van der Waals surface area contributed by atoms with Gasteiger partial charge in [-0.15, -0.1) is 0 Å². The molecule has 3 aromatic carbocycles. The highest BCUT2D eigenvalue weighted by Gasteiger charge is 2.14. The van der Waals surface area contributed by atoms with Crippen molar-refractivity contribution >= 4 is 28.5 Å². The van der Waals surface area contributed by atoms with Gasteiger partial charge in [0.1, 0.15) is 17.0 Å². The van der Waals surface area contributed by atoms with Crippen LogP contribution in [0.5, 0.6) is 11.5 Å². The summed E-state index contributed by atoms with van der Waals surface area (Å²) < 4.78 is 16.5. The van der Waals surface area contributed by atoms with Crippen LogP contribution in [0.4, 0.5) is 16.2 Å². The van der Waals surface area contributed by atoms with E-state index in [2.05, 4.69) is 15.6 Å². The molecule has 4 aromatic rings. The van der Waals surface area contributed by atoms with Crippen LogP contribution in [0, 0.1) is 6.92 Å². The first kappa shape index (κ1) is 19.3. The molecule has 0 aliphatic rings. The molecule has 0 spiro atoms. The first-order valence-electron chi connectivity index (χ1n) is 9.34. The molecule has 0 unspecified atom stereocenters. The highest BCUT2D eigenvalue weighted by Crippen LogP contribution is 2.32. The van der Waals surface area contributed by atoms with Gasteiger partial charge >= 0.3 is 6.03 Å². The summed E-state index contributed by atoms with van der Waals surface area (Å²) in [4.78, 5) is 17.2. The molecule has 0 saturated carbocycles. The number of hydrogen-bond acceptors (Lipinski definition) is 5. The molecule has 7 heteroatoms. The first-order valence-corrected chi connectivity index (χ1v) is 9.34. The second-order valence-corrected chi connectivity index (χ2v) is 6.68. The molecule has 1 heterocycles. The lowest BCUT2D eigenvalue weighted by molar-refractivity contribution is 0.262. The minimum atomic E-state index is -0.424. The number of amides is 2. The summed E-state index contributed by atoms with van der Waals surface area (Å²) in [6.07, 6.45) is 0. The van der Waals surface area contributed by atoms with Crippen molar-refractivity contribution in [2.45, 2.75) is 6.92 Å². The molecule has 0 radical (unpaired) electrons. The van der Waals surface area contributed by atoms with Crippen LogP contribution in [-0.4, -0.2) is 25.2 Å². The lowest BCUT2D eigenvalue weighted by Crippen LogP contribution is -2.20. The third-order valence-corrected chi connectivity index (χ3v) is 4.59. The van der Waals surface area contributed by atoms with Crippen molar-refractivity contribution in [2.75, 3.05) is 24.9 Å². The van der Waals surface area contributed by atoms with Gasteiger partial charge in [0, 0.05) is 5.56 Å². The number of aryl methyl sites for hydroxylation is 1. The van der Waals surface area contributed by atoms with Crippen molar-refractivity contribution in [3.63, 3.8) is 0 Å². The van der Waals surface area contributed by atoms with Crippen LogP contribution in [0.25, 0.3) is 22.6 Å². The zero-order chi connectivity index (χ0) is 21.1. The first-order chi connectivity index (χ1) is 14.6. The Morgan fingerprint density at radius 2 is 1.57 bits per heavy atom. The summed E-state index contributed by atoms with van der Waals surface area (Å²) in [5.74, 6) is 1.55. The normalized spacial score (nSPS) is 10.6. The van der Waals surface area contributed by atoms with Crippen molar-refractivity contribution in [3.05, 3.63) is 66.2 Å². The van der Waals surface area contributed by atoms with Crippen LogP contribution in [0.3, 0.4) is 0 Å². The summed E-state index contributed by atoms with van der Waals surface area (Å²) >= 11 is 0. The quantitative estimate of drug-likeness (QED) is 0.462. The fourth-order valence-corrected chi connectivity index (χ4v) is 3.13. The highest BCUT2D eigenvalue weighted by atomic mass is 16.5. The van der Waals surface area contributed by atoms with Crippen LogP contribution in [0.15, 0.2) is 65.1 Å². The minimum Gasteiger partial charge on any atom is -0.495 e. The predicted octanol–water partition coefficient (Wildman–Crippen LogP) is 5.46. The van der Waals surface area contributed by atoms with Crippen LogP contribution < -0.4 is 20.1 Å². The third-order valence-electron chi connectivity index (χ3n) is 4.59. The van der Waals surface area contributed by atoms with Gasteiger partial charge in [-0.2, -0.15) is 0 Å². The molecule has 0 atom stereocenters. The molecule has 0 aliphatic carbocycles. The number of nitrogens with one attached hydrogen (secondary N) is 2. The van der Waals surface area contributed by atoms with E-state index in [1.54, 1.807) is 32.4 Å². The number of oxazole rings is 1. The van der Waals surface area contributed by atoms with Crippen molar-refractivity contribution in [1.29, 1.82) is 0 Å². The second kappa shape index (κ2) is 8.16. The zero-order valence-corrected chi connectivity index (χ0v) is 16.9. The van der Waals surface area contributed by atoms with Crippen molar-refractivity contribution < 1.29 is 18.7 Å². The number of nitrogens with zero attached hydrogens (tertiary/aromatic N) is 1. The SMILES string of the molecule is COc1ccc(C)cc1NC(=O)Nc1cc(-c2nc3ccccc3o2)ccc1OC. The molecular formula is C23H21N3O4. The number of rotatable bonds is 5. The molecule has 0 aliphatic heterocycles. The monoisotopic (exact) mass is 403 g/mol. The fraction of sp³-hybridized carbons (Fsp3) is 0.130. The van der Waals surface area contributed by atoms with Gasteiger partial charge < -0.3 is 24.5 Å². The van der Waals surface area contributed by atoms with E-state index < -0.39 is 6.03 Å². The van der Waals surface area contributed by atoms with E-state index in [-0.39, 0.29) is 0 Å². The van der Waals surface area contributed by atoms with Crippen molar-refractivity contribution in [3.8, 4) is 23.0 Å². The average Bonchev–Trinajstić information content (AvgIpc) is 3.18. The number of carbonyl (C=O) groups is 1. The van der Waals surface area contributed by atoms with Crippen molar-refractivity contribution in [2.24, 2.45) is 0 Å². The fourth-order valence-electron chi connectivity index (χ4n) is 3.13. The summed E-state index contributed by atoms with van der Waals surface area (Å²) in [5, 5.41) is 5.64. The number of hydrogen-bond donors (Lipinski definition) is 2. The molecule has 30 heavy (non-hydrogen) atoms. The van der Waals surface area contributed by atoms with Crippen LogP contribution >= 0.6 is 0 Å². The summed E-state index contributed by atoms with van der Waals surface area (Å²) in [7, 11) is 3.10. The molecule has 1 aromatic heterocycles. The van der Waals surface area contributed by atoms with E-state index >= 15 is 0 Å². The van der Waals surface area contributed by atoms with Gasteiger partial charge in [-0.1, -0.05) is 18.2 Å². The molecule has 0 saturated heterocycles. The molecule has 7 nitrogen and oxygen atoms in total. The molecule has 4 rings (SSSR count). The second-order valence-electron chi connectivity index (χ2n) is 6.68. The maximum absolute atomic E-state index is 12.6. The van der Waals surface area contributed by atoms with Crippen molar-refractivity contribution in [1.82, 2.24) is 4.98 Å². The zero-order valence-electron chi connectivity index (χ0n) is 16.9. The Morgan fingerprint density at radius 1 is 0.900 bits per heavy atom. The van der Waals surface area contributed by atoms with Gasteiger partial charge in [-0.05, 0) is 55.0 Å². The highest BCUT2D eigenvalue weighted by molar-refractivity contribution is 6.02. The number of anilines is 2. The Labute approximate surface area is 173 Å². The maximum Gasteiger partial charge on any atom is 0.323 e. The molecule has 152 valence electrons. The Balaban J connectivity index is 1.61. The minimum absolute atomic E-state index is 0.424. The lowest BCUT2D eigenvalue weighted by Gasteiger charge is -2.14. The lowest BCUT2D eigenvalue weighted by atomic mass is 10.2. The largest absolute Gasteiger partial charge is 0.495 e. The van der Waals surface area contributed by atoms with E-state index in [4.69, 9.17) is 13.9 Å². The third kappa shape index (κ3) is 3.91. The topological polar surface area (TPSA) is 85.6 Å². The Hall–Kier alpha value is -4.00. The molecule has 2 amide bonds. The predicted molar refractivity (Wildman–Crippen MR) is 116 cm³/mol. The number of benzene rings is 3. The average molecular weight is 403 g/mol. The number of fused-ring (bicyclic) bond motifs is 1. The van der Waals surface area contributed by atoms with E-state index in [1.165, 1.54) is 0 Å².